The predicted octanol–water partition coefficient (Wildman–Crippen LogP) is 0.981. The molecular weight excluding hydrogens is 276 g/mol. The smallest absolute Gasteiger partial charge is 0.213 e. The van der Waals surface area contributed by atoms with Gasteiger partial charge in [0.1, 0.15) is 0 Å². The summed E-state index contributed by atoms with van der Waals surface area (Å²) in [4.78, 5) is 2.21. The number of aliphatic hydroxyl groups excluding tert-OH is 1. The van der Waals surface area contributed by atoms with Gasteiger partial charge in [0.2, 0.25) is 10.0 Å². The average molecular weight is 300 g/mol. The van der Waals surface area contributed by atoms with Crippen molar-refractivity contribution in [2.75, 3.05) is 32.0 Å². The van der Waals surface area contributed by atoms with Gasteiger partial charge in [-0.25, -0.2) is 13.1 Å². The molecule has 0 amide bonds. The van der Waals surface area contributed by atoms with Gasteiger partial charge in [-0.3, -0.25) is 4.90 Å². The summed E-state index contributed by atoms with van der Waals surface area (Å²) in [6, 6.07) is 9.85. The van der Waals surface area contributed by atoms with Crippen LogP contribution in [0, 0.1) is 0 Å². The van der Waals surface area contributed by atoms with Gasteiger partial charge in [-0.15, -0.1) is 0 Å². The fourth-order valence-electron chi connectivity index (χ4n) is 2.20. The van der Waals surface area contributed by atoms with E-state index in [1.807, 2.05) is 30.3 Å². The monoisotopic (exact) mass is 300 g/mol. The van der Waals surface area contributed by atoms with Gasteiger partial charge in [-0.05, 0) is 18.7 Å². The van der Waals surface area contributed by atoms with Crippen LogP contribution in [0.5, 0.6) is 0 Å². The van der Waals surface area contributed by atoms with E-state index in [9.17, 15) is 8.42 Å². The topological polar surface area (TPSA) is 69.6 Å². The zero-order valence-corrected chi connectivity index (χ0v) is 12.9. The lowest BCUT2D eigenvalue weighted by atomic mass is 10.1. The van der Waals surface area contributed by atoms with E-state index in [-0.39, 0.29) is 18.4 Å². The second-order valence-electron chi connectivity index (χ2n) is 4.54. The van der Waals surface area contributed by atoms with Crippen LogP contribution in [0.3, 0.4) is 0 Å². The molecule has 1 rings (SSSR count). The van der Waals surface area contributed by atoms with Crippen molar-refractivity contribution in [3.8, 4) is 0 Å². The van der Waals surface area contributed by atoms with E-state index in [0.717, 1.165) is 18.7 Å². The first-order valence-electron chi connectivity index (χ1n) is 6.91. The van der Waals surface area contributed by atoms with Gasteiger partial charge in [0.15, 0.2) is 0 Å². The fourth-order valence-corrected chi connectivity index (χ4v) is 2.99. The molecule has 20 heavy (non-hydrogen) atoms. The lowest BCUT2D eigenvalue weighted by Crippen LogP contribution is -2.39. The van der Waals surface area contributed by atoms with Crippen LogP contribution in [0.1, 0.15) is 25.5 Å². The van der Waals surface area contributed by atoms with Crippen molar-refractivity contribution in [2.45, 2.75) is 19.9 Å². The highest BCUT2D eigenvalue weighted by atomic mass is 32.2. The Bertz CT molecular complexity index is 472. The van der Waals surface area contributed by atoms with Crippen LogP contribution < -0.4 is 4.72 Å². The number of aliphatic hydroxyl groups is 1. The molecule has 5 nitrogen and oxygen atoms in total. The molecule has 0 radical (unpaired) electrons. The number of sulfonamides is 1. The minimum absolute atomic E-state index is 0.000308. The zero-order valence-electron chi connectivity index (χ0n) is 12.1. The number of likely N-dealkylation sites (N-methyl/N-ethyl adjacent to an activating group) is 1. The van der Waals surface area contributed by atoms with Gasteiger partial charge in [-0.1, -0.05) is 44.2 Å². The van der Waals surface area contributed by atoms with Gasteiger partial charge in [0, 0.05) is 12.6 Å². The van der Waals surface area contributed by atoms with Crippen LogP contribution in [0.25, 0.3) is 0 Å². The molecule has 0 aliphatic carbocycles. The summed E-state index contributed by atoms with van der Waals surface area (Å²) in [6.07, 6.45) is 0. The number of rotatable bonds is 9. The van der Waals surface area contributed by atoms with Crippen LogP contribution >= 0.6 is 0 Å². The molecule has 0 aromatic heterocycles. The number of nitrogens with zero attached hydrogens (tertiary/aromatic N) is 1. The lowest BCUT2D eigenvalue weighted by Gasteiger charge is -2.30. The van der Waals surface area contributed by atoms with Gasteiger partial charge >= 0.3 is 0 Å². The molecule has 1 aromatic carbocycles. The van der Waals surface area contributed by atoms with Crippen molar-refractivity contribution in [3.63, 3.8) is 0 Å². The molecule has 1 unspecified atom stereocenters. The van der Waals surface area contributed by atoms with Crippen molar-refractivity contribution in [2.24, 2.45) is 0 Å². The summed E-state index contributed by atoms with van der Waals surface area (Å²) in [7, 11) is -3.41. The minimum Gasteiger partial charge on any atom is -0.395 e. The molecule has 6 heteroatoms. The Kier molecular flexibility index (Phi) is 7.15. The Labute approximate surface area is 121 Å². The highest BCUT2D eigenvalue weighted by molar-refractivity contribution is 7.89. The maximum absolute atomic E-state index is 11.7. The minimum atomic E-state index is -3.41. The quantitative estimate of drug-likeness (QED) is 0.713. The summed E-state index contributed by atoms with van der Waals surface area (Å²) in [5, 5.41) is 8.76. The zero-order chi connectivity index (χ0) is 15.0. The first-order chi connectivity index (χ1) is 9.54. The molecule has 0 aliphatic heterocycles. The van der Waals surface area contributed by atoms with Crippen LogP contribution in [-0.4, -0.2) is 50.4 Å². The van der Waals surface area contributed by atoms with Crippen molar-refractivity contribution in [1.29, 1.82) is 0 Å². The number of hydrogen-bond acceptors (Lipinski definition) is 4. The standard InChI is InChI=1S/C14H24N2O3S/c1-3-16(4-2)14(13-8-6-5-7-9-13)12-15-20(18,19)11-10-17/h5-9,14-15,17H,3-4,10-12H2,1-2H3. The van der Waals surface area contributed by atoms with Crippen molar-refractivity contribution < 1.29 is 13.5 Å². The Balaban J connectivity index is 2.84. The molecule has 0 spiro atoms. The van der Waals surface area contributed by atoms with Crippen LogP contribution in [-0.2, 0) is 10.0 Å². The fraction of sp³-hybridized carbons (Fsp3) is 0.571. The highest BCUT2D eigenvalue weighted by Crippen LogP contribution is 2.19. The average Bonchev–Trinajstić information content (AvgIpc) is 2.44. The molecule has 0 heterocycles. The second-order valence-corrected chi connectivity index (χ2v) is 6.47. The van der Waals surface area contributed by atoms with Crippen LogP contribution in [0.2, 0.25) is 0 Å². The Hall–Kier alpha value is -0.950. The Morgan fingerprint density at radius 1 is 1.20 bits per heavy atom. The molecule has 1 atom stereocenters. The maximum Gasteiger partial charge on any atom is 0.213 e. The molecule has 1 aromatic rings. The summed E-state index contributed by atoms with van der Waals surface area (Å²) in [5.74, 6) is -0.257. The summed E-state index contributed by atoms with van der Waals surface area (Å²) in [5.41, 5.74) is 1.09. The second kappa shape index (κ2) is 8.36. The number of hydrogen-bond donors (Lipinski definition) is 2. The normalized spacial score (nSPS) is 13.6. The van der Waals surface area contributed by atoms with Crippen LogP contribution in [0.15, 0.2) is 30.3 Å². The SMILES string of the molecule is CCN(CC)C(CNS(=O)(=O)CCO)c1ccccc1. The first-order valence-corrected chi connectivity index (χ1v) is 8.56. The summed E-state index contributed by atoms with van der Waals surface area (Å²) < 4.78 is 25.9. The van der Waals surface area contributed by atoms with Crippen molar-refractivity contribution >= 4 is 10.0 Å². The van der Waals surface area contributed by atoms with E-state index < -0.39 is 10.0 Å². The summed E-state index contributed by atoms with van der Waals surface area (Å²) >= 11 is 0. The number of benzene rings is 1. The molecule has 114 valence electrons. The predicted molar refractivity (Wildman–Crippen MR) is 81.0 cm³/mol. The molecular formula is C14H24N2O3S. The third-order valence-corrected chi connectivity index (χ3v) is 4.62. The van der Waals surface area contributed by atoms with E-state index in [1.54, 1.807) is 0 Å². The van der Waals surface area contributed by atoms with Crippen molar-refractivity contribution in [3.05, 3.63) is 35.9 Å². The van der Waals surface area contributed by atoms with Gasteiger partial charge < -0.3 is 5.11 Å². The van der Waals surface area contributed by atoms with Gasteiger partial charge in [-0.2, -0.15) is 0 Å². The van der Waals surface area contributed by atoms with Gasteiger partial charge in [0.25, 0.3) is 0 Å². The van der Waals surface area contributed by atoms with E-state index in [4.69, 9.17) is 5.11 Å². The Morgan fingerprint density at radius 2 is 1.80 bits per heavy atom. The lowest BCUT2D eigenvalue weighted by molar-refractivity contribution is 0.220. The molecule has 0 aliphatic rings. The van der Waals surface area contributed by atoms with E-state index in [2.05, 4.69) is 23.5 Å². The highest BCUT2D eigenvalue weighted by Gasteiger charge is 2.20. The van der Waals surface area contributed by atoms with Crippen LogP contribution in [0.4, 0.5) is 0 Å². The third-order valence-electron chi connectivity index (χ3n) is 3.29. The van der Waals surface area contributed by atoms with E-state index in [0.29, 0.717) is 6.54 Å². The first kappa shape index (κ1) is 17.1. The maximum atomic E-state index is 11.7. The Morgan fingerprint density at radius 3 is 2.30 bits per heavy atom. The third kappa shape index (κ3) is 5.20. The molecule has 0 fully saturated rings. The molecule has 0 saturated carbocycles. The van der Waals surface area contributed by atoms with Crippen molar-refractivity contribution in [1.82, 2.24) is 9.62 Å². The molecule has 2 N–H and O–H groups in total. The number of nitrogens with one attached hydrogen (secondary N) is 1. The molecule has 0 saturated heterocycles. The van der Waals surface area contributed by atoms with E-state index >= 15 is 0 Å². The van der Waals surface area contributed by atoms with E-state index in [1.165, 1.54) is 0 Å². The summed E-state index contributed by atoms with van der Waals surface area (Å²) in [6.45, 7) is 5.75. The molecule has 0 bridgehead atoms. The van der Waals surface area contributed by atoms with Gasteiger partial charge in [0.05, 0.1) is 12.4 Å². The largest absolute Gasteiger partial charge is 0.395 e.